The van der Waals surface area contributed by atoms with Crippen LogP contribution < -0.4 is 5.32 Å². The highest BCUT2D eigenvalue weighted by Gasteiger charge is 2.41. The third-order valence-electron chi connectivity index (χ3n) is 9.71. The van der Waals surface area contributed by atoms with E-state index in [0.717, 1.165) is 91.1 Å². The first-order valence-corrected chi connectivity index (χ1v) is 15.3. The Bertz CT molecular complexity index is 1700. The number of carbonyl (C=O) groups excluding carboxylic acids is 1. The Morgan fingerprint density at radius 1 is 1.05 bits per heavy atom. The molecule has 5 aliphatic heterocycles. The Morgan fingerprint density at radius 2 is 1.77 bits per heavy atom. The van der Waals surface area contributed by atoms with Crippen molar-refractivity contribution in [1.29, 1.82) is 0 Å². The van der Waals surface area contributed by atoms with Crippen molar-refractivity contribution in [2.24, 2.45) is 26.8 Å². The molecule has 0 aromatic heterocycles. The van der Waals surface area contributed by atoms with Gasteiger partial charge in [0.15, 0.2) is 0 Å². The summed E-state index contributed by atoms with van der Waals surface area (Å²) in [6, 6.07) is 0. The van der Waals surface area contributed by atoms with Crippen molar-refractivity contribution in [2.45, 2.75) is 79.8 Å². The summed E-state index contributed by atoms with van der Waals surface area (Å²) in [4.78, 5) is 27.4. The molecule has 3 N–H and O–H groups in total. The van der Waals surface area contributed by atoms with E-state index in [-0.39, 0.29) is 24.2 Å². The average Bonchev–Trinajstić information content (AvgIpc) is 3.74. The molecule has 0 amide bonds. The molecule has 0 unspecified atom stereocenters. The summed E-state index contributed by atoms with van der Waals surface area (Å²) in [5.41, 5.74) is 13.5. The minimum absolute atomic E-state index is 0.00515. The van der Waals surface area contributed by atoms with E-state index >= 15 is 0 Å². The molecule has 8 heteroatoms. The molecule has 0 radical (unpaired) electrons. The molecule has 224 valence electrons. The molecule has 3 atom stereocenters. The van der Waals surface area contributed by atoms with E-state index in [2.05, 4.69) is 32.2 Å². The molecular formula is C35H40N4O4. The molecule has 6 rings (SSSR count). The highest BCUT2D eigenvalue weighted by molar-refractivity contribution is 6.21. The van der Waals surface area contributed by atoms with Crippen molar-refractivity contribution in [3.8, 4) is 0 Å². The number of esters is 1. The van der Waals surface area contributed by atoms with E-state index in [4.69, 9.17) is 19.7 Å². The first kappa shape index (κ1) is 29.1. The number of ether oxygens (including phenoxy) is 1. The van der Waals surface area contributed by atoms with E-state index in [1.807, 2.05) is 32.9 Å². The van der Waals surface area contributed by atoms with Crippen molar-refractivity contribution in [3.63, 3.8) is 0 Å². The summed E-state index contributed by atoms with van der Waals surface area (Å²) >= 11 is 0. The highest BCUT2D eigenvalue weighted by atomic mass is 16.5. The maximum Gasteiger partial charge on any atom is 0.305 e. The fraction of sp³-hybridized carbons (Fsp3) is 0.429. The van der Waals surface area contributed by atoms with Crippen molar-refractivity contribution >= 4 is 23.1 Å². The van der Waals surface area contributed by atoms with Crippen LogP contribution in [0, 0.1) is 11.8 Å². The Morgan fingerprint density at radius 3 is 2.47 bits per heavy atom. The monoisotopic (exact) mass is 580 g/mol. The Kier molecular flexibility index (Phi) is 7.37. The number of nitrogens with zero attached hydrogens (tertiary/aromatic N) is 3. The lowest BCUT2D eigenvalue weighted by molar-refractivity contribution is -0.140. The number of carbonyl (C=O) groups is 1. The van der Waals surface area contributed by atoms with Crippen LogP contribution in [0.15, 0.2) is 106 Å². The van der Waals surface area contributed by atoms with Crippen LogP contribution in [0.2, 0.25) is 0 Å². The number of hydrogen-bond acceptors (Lipinski definition) is 8. The molecule has 0 aromatic rings. The highest BCUT2D eigenvalue weighted by Crippen LogP contribution is 2.46. The lowest BCUT2D eigenvalue weighted by Crippen LogP contribution is -2.16. The number of hydrogen-bond donors (Lipinski definition) is 3. The number of aliphatic imine (C=N–C) groups is 3. The number of methoxy groups -OCH3 is 1. The minimum atomic E-state index is -0.649. The number of fused-ring (bicyclic) bond motifs is 5. The first-order chi connectivity index (χ1) is 20.6. The topological polar surface area (TPSA) is 116 Å². The zero-order valence-electron chi connectivity index (χ0n) is 26.1. The molecule has 8 bridgehead atoms. The third kappa shape index (κ3) is 4.63. The number of aliphatic hydroxyl groups excluding tert-OH is 2. The Labute approximate surface area is 253 Å². The van der Waals surface area contributed by atoms with Crippen molar-refractivity contribution in [2.75, 3.05) is 7.11 Å². The molecule has 8 nitrogen and oxygen atoms in total. The van der Waals surface area contributed by atoms with Gasteiger partial charge in [-0.15, -0.1) is 0 Å². The predicted octanol–water partition coefficient (Wildman–Crippen LogP) is 6.38. The molecule has 6 aliphatic rings. The summed E-state index contributed by atoms with van der Waals surface area (Å²) in [6.07, 6.45) is 8.10. The molecule has 43 heavy (non-hydrogen) atoms. The van der Waals surface area contributed by atoms with Crippen molar-refractivity contribution < 1.29 is 19.7 Å². The average molecular weight is 581 g/mol. The van der Waals surface area contributed by atoms with Gasteiger partial charge in [-0.2, -0.15) is 0 Å². The fourth-order valence-corrected chi connectivity index (χ4v) is 7.13. The Balaban J connectivity index is 1.60. The van der Waals surface area contributed by atoms with Gasteiger partial charge in [0, 0.05) is 52.8 Å². The van der Waals surface area contributed by atoms with Crippen LogP contribution in [0.1, 0.15) is 73.6 Å². The van der Waals surface area contributed by atoms with Crippen LogP contribution >= 0.6 is 0 Å². The predicted molar refractivity (Wildman–Crippen MR) is 170 cm³/mol. The molecule has 5 heterocycles. The lowest BCUT2D eigenvalue weighted by Gasteiger charge is -2.17. The van der Waals surface area contributed by atoms with Crippen molar-refractivity contribution in [1.82, 2.24) is 5.32 Å². The molecule has 1 saturated heterocycles. The van der Waals surface area contributed by atoms with Gasteiger partial charge in [-0.25, -0.2) is 15.0 Å². The lowest BCUT2D eigenvalue weighted by atomic mass is 9.86. The zero-order valence-corrected chi connectivity index (χ0v) is 26.1. The van der Waals surface area contributed by atoms with Gasteiger partial charge in [0.05, 0.1) is 47.4 Å². The van der Waals surface area contributed by atoms with E-state index in [9.17, 15) is 15.0 Å². The zero-order chi connectivity index (χ0) is 30.7. The summed E-state index contributed by atoms with van der Waals surface area (Å²) in [5, 5.41) is 26.0. The van der Waals surface area contributed by atoms with Crippen molar-refractivity contribution in [3.05, 3.63) is 91.5 Å². The van der Waals surface area contributed by atoms with Crippen LogP contribution in [-0.2, 0) is 9.53 Å². The van der Waals surface area contributed by atoms with E-state index in [1.165, 1.54) is 7.11 Å². The second-order valence-electron chi connectivity index (χ2n) is 12.1. The molecule has 1 fully saturated rings. The number of rotatable bonds is 6. The summed E-state index contributed by atoms with van der Waals surface area (Å²) in [5.74, 6) is 0.111. The molecule has 1 aliphatic carbocycles. The molecular weight excluding hydrogens is 540 g/mol. The van der Waals surface area contributed by atoms with E-state index < -0.39 is 6.10 Å². The second kappa shape index (κ2) is 10.9. The van der Waals surface area contributed by atoms with Gasteiger partial charge in [0.2, 0.25) is 0 Å². The summed E-state index contributed by atoms with van der Waals surface area (Å²) in [6.45, 7) is 12.4. The van der Waals surface area contributed by atoms with Gasteiger partial charge in [0.1, 0.15) is 5.76 Å². The van der Waals surface area contributed by atoms with Gasteiger partial charge < -0.3 is 20.3 Å². The second-order valence-corrected chi connectivity index (χ2v) is 12.1. The Hall–Kier alpha value is -4.04. The van der Waals surface area contributed by atoms with Crippen LogP contribution in [0.5, 0.6) is 0 Å². The van der Waals surface area contributed by atoms with Crippen LogP contribution in [0.4, 0.5) is 0 Å². The maximum atomic E-state index is 12.2. The van der Waals surface area contributed by atoms with Gasteiger partial charge in [0.25, 0.3) is 0 Å². The number of nitrogens with one attached hydrogen (secondary N) is 1. The largest absolute Gasteiger partial charge is 0.511 e. The quantitative estimate of drug-likeness (QED) is 0.315. The van der Waals surface area contributed by atoms with E-state index in [1.54, 1.807) is 0 Å². The minimum Gasteiger partial charge on any atom is -0.511 e. The standard InChI is InChI=1S/C35H40N4O4/c1-8-20-16(3)23-15-28-32(29(40)9-2)18(5)25(37-28)13-24-17(4)21(10-11-31(42)43-7)34(38-24)22-12-30(41)33-19(6)26(39-35(22)33)14-27(20)36-23/h13-15,17,21,29,38,40-41H,8-12H2,1-7H3/t17-,21-,29-/m0/s1. The van der Waals surface area contributed by atoms with E-state index in [0.29, 0.717) is 25.0 Å². The van der Waals surface area contributed by atoms with Crippen LogP contribution in [0.25, 0.3) is 0 Å². The molecule has 0 saturated carbocycles. The van der Waals surface area contributed by atoms with Crippen LogP contribution in [-0.4, -0.2) is 46.5 Å². The molecule has 0 spiro atoms. The van der Waals surface area contributed by atoms with Gasteiger partial charge in [-0.3, -0.25) is 4.79 Å². The number of allylic oxidation sites excluding steroid dienone is 11. The normalized spacial score (nSPS) is 25.2. The van der Waals surface area contributed by atoms with Gasteiger partial charge >= 0.3 is 5.97 Å². The van der Waals surface area contributed by atoms with Crippen LogP contribution in [0.3, 0.4) is 0 Å². The first-order valence-electron chi connectivity index (χ1n) is 15.3. The number of aliphatic hydroxyl groups is 2. The molecule has 0 aromatic carbocycles. The van der Waals surface area contributed by atoms with Gasteiger partial charge in [-0.05, 0) is 80.6 Å². The fourth-order valence-electron chi connectivity index (χ4n) is 7.13. The third-order valence-corrected chi connectivity index (χ3v) is 9.71. The smallest absolute Gasteiger partial charge is 0.305 e. The maximum absolute atomic E-state index is 12.2. The SMILES string of the molecule is CCC1=C(C)C2=NC1=CC1=C(C)C3=C(O)CC(=C4NC(=CC5=NC(=C2)C([C@@H](O)CC)=C5C)[C@@H](C)[C@@H]4CCC(=O)OC)C3=N1. The van der Waals surface area contributed by atoms with Gasteiger partial charge in [-0.1, -0.05) is 20.8 Å². The summed E-state index contributed by atoms with van der Waals surface area (Å²) < 4.78 is 4.98. The summed E-state index contributed by atoms with van der Waals surface area (Å²) in [7, 11) is 1.41.